The van der Waals surface area contributed by atoms with Gasteiger partial charge in [-0.25, -0.2) is 0 Å². The van der Waals surface area contributed by atoms with Gasteiger partial charge in [0.2, 0.25) is 0 Å². The molecule has 66 valence electrons. The molecule has 0 bridgehead atoms. The van der Waals surface area contributed by atoms with Crippen molar-refractivity contribution in [3.05, 3.63) is 0 Å². The van der Waals surface area contributed by atoms with E-state index in [4.69, 9.17) is 0 Å². The summed E-state index contributed by atoms with van der Waals surface area (Å²) in [5.74, 6) is 3.99. The van der Waals surface area contributed by atoms with Crippen LogP contribution in [0.4, 0.5) is 0 Å². The molecule has 0 nitrogen and oxygen atoms in total. The first-order valence-electron chi connectivity index (χ1n) is 4.22. The standard InChI is InChI=1S/C8H16S3/c1-2-3-7(9)8-6-10-4-5-11-8/h7-9H,2-6H2,1H3. The predicted octanol–water partition coefficient (Wildman–Crippen LogP) is 2.93. The zero-order valence-corrected chi connectivity index (χ0v) is 9.48. The van der Waals surface area contributed by atoms with Gasteiger partial charge in [0, 0.05) is 27.8 Å². The van der Waals surface area contributed by atoms with Crippen LogP contribution in [0.1, 0.15) is 19.8 Å². The molecule has 1 aliphatic rings. The molecular weight excluding hydrogens is 192 g/mol. The van der Waals surface area contributed by atoms with Crippen molar-refractivity contribution in [2.45, 2.75) is 30.3 Å². The second-order valence-corrected chi connectivity index (χ2v) is 6.00. The minimum Gasteiger partial charge on any atom is -0.175 e. The van der Waals surface area contributed by atoms with Crippen LogP contribution in [0, 0.1) is 0 Å². The van der Waals surface area contributed by atoms with Crippen LogP contribution in [0.2, 0.25) is 0 Å². The van der Waals surface area contributed by atoms with Crippen molar-refractivity contribution in [3.8, 4) is 0 Å². The number of thiol groups is 1. The third kappa shape index (κ3) is 3.51. The summed E-state index contributed by atoms with van der Waals surface area (Å²) < 4.78 is 0. The summed E-state index contributed by atoms with van der Waals surface area (Å²) in [5.41, 5.74) is 0. The Hall–Kier alpha value is 1.05. The maximum absolute atomic E-state index is 4.62. The molecule has 1 fully saturated rings. The minimum atomic E-state index is 0.637. The molecule has 0 aromatic carbocycles. The second kappa shape index (κ2) is 5.65. The van der Waals surface area contributed by atoms with Gasteiger partial charge in [0.1, 0.15) is 0 Å². The molecule has 2 unspecified atom stereocenters. The van der Waals surface area contributed by atoms with Crippen LogP contribution in [-0.2, 0) is 0 Å². The Morgan fingerprint density at radius 3 is 2.91 bits per heavy atom. The largest absolute Gasteiger partial charge is 0.175 e. The summed E-state index contributed by atoms with van der Waals surface area (Å²) >= 11 is 8.82. The number of hydrogen-bond donors (Lipinski definition) is 1. The average molecular weight is 208 g/mol. The van der Waals surface area contributed by atoms with Gasteiger partial charge in [-0.3, -0.25) is 0 Å². The monoisotopic (exact) mass is 208 g/mol. The van der Waals surface area contributed by atoms with Gasteiger partial charge in [-0.2, -0.15) is 36.2 Å². The summed E-state index contributed by atoms with van der Waals surface area (Å²) in [6, 6.07) is 0. The first-order chi connectivity index (χ1) is 5.34. The molecular formula is C8H16S3. The van der Waals surface area contributed by atoms with Crippen LogP contribution in [-0.4, -0.2) is 27.8 Å². The van der Waals surface area contributed by atoms with E-state index in [1.807, 2.05) is 0 Å². The maximum Gasteiger partial charge on any atom is 0.0254 e. The lowest BCUT2D eigenvalue weighted by Gasteiger charge is -2.25. The van der Waals surface area contributed by atoms with E-state index < -0.39 is 0 Å². The lowest BCUT2D eigenvalue weighted by atomic mass is 10.2. The van der Waals surface area contributed by atoms with E-state index in [0.717, 1.165) is 5.25 Å². The first-order valence-corrected chi connectivity index (χ1v) is 6.94. The van der Waals surface area contributed by atoms with E-state index in [2.05, 4.69) is 43.1 Å². The molecule has 1 heterocycles. The van der Waals surface area contributed by atoms with Gasteiger partial charge < -0.3 is 0 Å². The minimum absolute atomic E-state index is 0.637. The van der Waals surface area contributed by atoms with E-state index in [-0.39, 0.29) is 0 Å². The van der Waals surface area contributed by atoms with Gasteiger partial charge in [-0.05, 0) is 6.42 Å². The highest BCUT2D eigenvalue weighted by atomic mass is 32.2. The molecule has 1 saturated heterocycles. The van der Waals surface area contributed by atoms with Crippen molar-refractivity contribution < 1.29 is 0 Å². The fourth-order valence-corrected chi connectivity index (χ4v) is 4.80. The summed E-state index contributed by atoms with van der Waals surface area (Å²) in [7, 11) is 0. The molecule has 0 aromatic heterocycles. The first kappa shape index (κ1) is 10.1. The highest BCUT2D eigenvalue weighted by molar-refractivity contribution is 8.07. The Morgan fingerprint density at radius 2 is 2.36 bits per heavy atom. The van der Waals surface area contributed by atoms with Crippen LogP contribution >= 0.6 is 36.2 Å². The lowest BCUT2D eigenvalue weighted by molar-refractivity contribution is 0.737. The smallest absolute Gasteiger partial charge is 0.0254 e. The highest BCUT2D eigenvalue weighted by Crippen LogP contribution is 2.30. The lowest BCUT2D eigenvalue weighted by Crippen LogP contribution is -2.24. The third-order valence-electron chi connectivity index (χ3n) is 1.86. The Kier molecular flexibility index (Phi) is 5.21. The van der Waals surface area contributed by atoms with Crippen molar-refractivity contribution in [2.75, 3.05) is 17.3 Å². The summed E-state index contributed by atoms with van der Waals surface area (Å²) in [6.45, 7) is 2.24. The topological polar surface area (TPSA) is 0 Å². The predicted molar refractivity (Wildman–Crippen MR) is 61.3 cm³/mol. The highest BCUT2D eigenvalue weighted by Gasteiger charge is 2.20. The van der Waals surface area contributed by atoms with E-state index in [1.54, 1.807) is 0 Å². The van der Waals surface area contributed by atoms with Gasteiger partial charge >= 0.3 is 0 Å². The Labute approximate surface area is 83.7 Å². The van der Waals surface area contributed by atoms with Crippen molar-refractivity contribution >= 4 is 36.2 Å². The molecule has 2 atom stereocenters. The van der Waals surface area contributed by atoms with Crippen LogP contribution in [0.25, 0.3) is 0 Å². The van der Waals surface area contributed by atoms with Gasteiger partial charge in [0.15, 0.2) is 0 Å². The fraction of sp³-hybridized carbons (Fsp3) is 1.00. The molecule has 3 heteroatoms. The molecule has 0 aromatic rings. The normalized spacial score (nSPS) is 28.4. The zero-order valence-electron chi connectivity index (χ0n) is 6.95. The molecule has 0 amide bonds. The van der Waals surface area contributed by atoms with E-state index in [9.17, 15) is 0 Å². The molecule has 0 N–H and O–H groups in total. The van der Waals surface area contributed by atoms with Crippen molar-refractivity contribution in [2.24, 2.45) is 0 Å². The van der Waals surface area contributed by atoms with Crippen molar-refractivity contribution in [1.82, 2.24) is 0 Å². The summed E-state index contributed by atoms with van der Waals surface area (Å²) in [5, 5.41) is 1.45. The van der Waals surface area contributed by atoms with Crippen LogP contribution in [0.3, 0.4) is 0 Å². The number of rotatable bonds is 3. The molecule has 1 aliphatic heterocycles. The van der Waals surface area contributed by atoms with Gasteiger partial charge in [-0.15, -0.1) is 0 Å². The van der Waals surface area contributed by atoms with Gasteiger partial charge in [-0.1, -0.05) is 13.3 Å². The molecule has 0 aliphatic carbocycles. The average Bonchev–Trinajstić information content (AvgIpc) is 2.07. The Bertz CT molecular complexity index is 99.5. The van der Waals surface area contributed by atoms with Crippen LogP contribution < -0.4 is 0 Å². The zero-order chi connectivity index (χ0) is 8.10. The van der Waals surface area contributed by atoms with E-state index in [1.165, 1.54) is 30.1 Å². The van der Waals surface area contributed by atoms with Crippen molar-refractivity contribution in [3.63, 3.8) is 0 Å². The summed E-state index contributed by atoms with van der Waals surface area (Å²) in [6.07, 6.45) is 2.55. The Balaban J connectivity index is 2.21. The van der Waals surface area contributed by atoms with Gasteiger partial charge in [0.05, 0.1) is 0 Å². The SMILES string of the molecule is CCCC(S)C1CSCCS1. The third-order valence-corrected chi connectivity index (χ3v) is 5.60. The van der Waals surface area contributed by atoms with E-state index in [0.29, 0.717) is 5.25 Å². The van der Waals surface area contributed by atoms with Crippen molar-refractivity contribution in [1.29, 1.82) is 0 Å². The molecule has 0 saturated carbocycles. The fourth-order valence-electron chi connectivity index (χ4n) is 1.21. The Morgan fingerprint density at radius 1 is 1.55 bits per heavy atom. The van der Waals surface area contributed by atoms with Crippen LogP contribution in [0.5, 0.6) is 0 Å². The molecule has 0 radical (unpaired) electrons. The quantitative estimate of drug-likeness (QED) is 0.708. The van der Waals surface area contributed by atoms with E-state index >= 15 is 0 Å². The van der Waals surface area contributed by atoms with Crippen LogP contribution in [0.15, 0.2) is 0 Å². The number of thioether (sulfide) groups is 2. The molecule has 11 heavy (non-hydrogen) atoms. The number of hydrogen-bond acceptors (Lipinski definition) is 3. The molecule has 0 spiro atoms. The second-order valence-electron chi connectivity index (χ2n) is 2.84. The van der Waals surface area contributed by atoms with Gasteiger partial charge in [0.25, 0.3) is 0 Å². The molecule has 1 rings (SSSR count). The summed E-state index contributed by atoms with van der Waals surface area (Å²) in [4.78, 5) is 0. The maximum atomic E-state index is 4.62.